The molecule has 2 aromatic heterocycles. The molecular formula is C20H24N6O3. The fourth-order valence-corrected chi connectivity index (χ4v) is 4.17. The van der Waals surface area contributed by atoms with Crippen LogP contribution in [0.5, 0.6) is 0 Å². The minimum atomic E-state index is -0.296. The number of fused-ring (bicyclic) bond motifs is 1. The molecule has 0 spiro atoms. The standard InChI is InChI=1S/C20H24N6O3/c27-19(13-1-2-13)24-5-7-25(8-6-24)20-22-18(29-23-20)14-3-4-15-10-21-26(17(15)9-14)16-11-28-12-16/h3-4,9-10,13,16,19,27H,1-2,5-8,11-12H2. The highest BCUT2D eigenvalue weighted by molar-refractivity contribution is 5.83. The van der Waals surface area contributed by atoms with Gasteiger partial charge >= 0.3 is 0 Å². The summed E-state index contributed by atoms with van der Waals surface area (Å²) in [5.74, 6) is 1.59. The summed E-state index contributed by atoms with van der Waals surface area (Å²) in [6.45, 7) is 4.61. The summed E-state index contributed by atoms with van der Waals surface area (Å²) >= 11 is 0. The van der Waals surface area contributed by atoms with E-state index >= 15 is 0 Å². The predicted octanol–water partition coefficient (Wildman–Crippen LogP) is 1.51. The zero-order valence-electron chi connectivity index (χ0n) is 16.1. The molecule has 0 bridgehead atoms. The Balaban J connectivity index is 1.19. The van der Waals surface area contributed by atoms with Crippen LogP contribution in [-0.2, 0) is 4.74 Å². The van der Waals surface area contributed by atoms with Crippen LogP contribution in [0.3, 0.4) is 0 Å². The molecule has 0 amide bonds. The Morgan fingerprint density at radius 1 is 1.10 bits per heavy atom. The normalized spacial score (nSPS) is 22.2. The zero-order chi connectivity index (χ0) is 19.4. The Morgan fingerprint density at radius 3 is 2.66 bits per heavy atom. The van der Waals surface area contributed by atoms with E-state index in [1.165, 1.54) is 0 Å². The highest BCUT2D eigenvalue weighted by Gasteiger charge is 2.35. The van der Waals surface area contributed by atoms with Gasteiger partial charge in [0.1, 0.15) is 6.23 Å². The monoisotopic (exact) mass is 396 g/mol. The number of aliphatic hydroxyl groups is 1. The summed E-state index contributed by atoms with van der Waals surface area (Å²) in [5, 5.41) is 20.1. The highest BCUT2D eigenvalue weighted by Crippen LogP contribution is 2.34. The molecule has 152 valence electrons. The van der Waals surface area contributed by atoms with Gasteiger partial charge in [0.25, 0.3) is 11.8 Å². The molecule has 1 aliphatic carbocycles. The van der Waals surface area contributed by atoms with Crippen molar-refractivity contribution in [1.29, 1.82) is 0 Å². The van der Waals surface area contributed by atoms with Crippen LogP contribution in [0.15, 0.2) is 28.9 Å². The maximum absolute atomic E-state index is 10.3. The highest BCUT2D eigenvalue weighted by atomic mass is 16.5. The number of benzene rings is 1. The lowest BCUT2D eigenvalue weighted by molar-refractivity contribution is -0.0266. The minimum absolute atomic E-state index is 0.295. The second kappa shape index (κ2) is 6.79. The van der Waals surface area contributed by atoms with Crippen molar-refractivity contribution in [3.05, 3.63) is 24.4 Å². The molecule has 1 aromatic carbocycles. The predicted molar refractivity (Wildman–Crippen MR) is 105 cm³/mol. The molecule has 1 N–H and O–H groups in total. The molecule has 4 heterocycles. The van der Waals surface area contributed by atoms with Crippen molar-refractivity contribution in [1.82, 2.24) is 24.8 Å². The van der Waals surface area contributed by atoms with Crippen molar-refractivity contribution in [3.8, 4) is 11.5 Å². The van der Waals surface area contributed by atoms with E-state index in [1.807, 2.05) is 23.0 Å². The first kappa shape index (κ1) is 17.4. The van der Waals surface area contributed by atoms with E-state index in [-0.39, 0.29) is 6.23 Å². The van der Waals surface area contributed by atoms with E-state index in [4.69, 9.17) is 9.26 Å². The number of hydrogen-bond donors (Lipinski definition) is 1. The molecule has 9 nitrogen and oxygen atoms in total. The van der Waals surface area contributed by atoms with Crippen molar-refractivity contribution in [2.45, 2.75) is 25.1 Å². The summed E-state index contributed by atoms with van der Waals surface area (Å²) < 4.78 is 12.9. The van der Waals surface area contributed by atoms with E-state index in [1.54, 1.807) is 0 Å². The van der Waals surface area contributed by atoms with Crippen molar-refractivity contribution in [3.63, 3.8) is 0 Å². The Hall–Kier alpha value is -2.49. The zero-order valence-corrected chi connectivity index (χ0v) is 16.1. The third-order valence-electron chi connectivity index (χ3n) is 6.24. The minimum Gasteiger partial charge on any atom is -0.378 e. The lowest BCUT2D eigenvalue weighted by Crippen LogP contribution is -2.51. The Morgan fingerprint density at radius 2 is 1.93 bits per heavy atom. The molecule has 3 fully saturated rings. The number of aliphatic hydroxyl groups excluding tert-OH is 1. The van der Waals surface area contributed by atoms with Crippen LogP contribution in [0, 0.1) is 5.92 Å². The average Bonchev–Trinajstić information content (AvgIpc) is 3.31. The molecule has 6 rings (SSSR count). The molecule has 2 aliphatic heterocycles. The van der Waals surface area contributed by atoms with Gasteiger partial charge in [0.05, 0.1) is 31.0 Å². The van der Waals surface area contributed by atoms with Crippen molar-refractivity contribution >= 4 is 16.9 Å². The van der Waals surface area contributed by atoms with Crippen LogP contribution in [0.2, 0.25) is 0 Å². The van der Waals surface area contributed by atoms with E-state index in [0.29, 0.717) is 37.0 Å². The summed E-state index contributed by atoms with van der Waals surface area (Å²) in [6.07, 6.45) is 3.88. The SMILES string of the molecule is OC(C1CC1)N1CCN(c2noc(-c3ccc4cnn(C5COC5)c4c3)n2)CC1. The Labute approximate surface area is 167 Å². The van der Waals surface area contributed by atoms with E-state index in [0.717, 1.165) is 55.5 Å². The topological polar surface area (TPSA) is 92.7 Å². The first-order valence-electron chi connectivity index (χ1n) is 10.3. The molecule has 3 aliphatic rings. The number of ether oxygens (including phenoxy) is 1. The van der Waals surface area contributed by atoms with E-state index in [9.17, 15) is 5.11 Å². The third-order valence-corrected chi connectivity index (χ3v) is 6.24. The van der Waals surface area contributed by atoms with Crippen molar-refractivity contribution < 1.29 is 14.4 Å². The first-order valence-corrected chi connectivity index (χ1v) is 10.3. The third kappa shape index (κ3) is 3.09. The van der Waals surface area contributed by atoms with Crippen LogP contribution in [0.25, 0.3) is 22.4 Å². The largest absolute Gasteiger partial charge is 0.378 e. The number of piperazine rings is 1. The second-order valence-corrected chi connectivity index (χ2v) is 8.23. The van der Waals surface area contributed by atoms with Crippen molar-refractivity contribution in [2.75, 3.05) is 44.3 Å². The molecule has 1 atom stereocenters. The second-order valence-electron chi connectivity index (χ2n) is 8.23. The van der Waals surface area contributed by atoms with Gasteiger partial charge in [-0.2, -0.15) is 10.1 Å². The first-order chi connectivity index (χ1) is 14.3. The number of anilines is 1. The quantitative estimate of drug-likeness (QED) is 0.694. The van der Waals surface area contributed by atoms with Gasteiger partial charge in [-0.1, -0.05) is 6.07 Å². The van der Waals surface area contributed by atoms with Gasteiger partial charge in [-0.25, -0.2) is 0 Å². The molecule has 0 radical (unpaired) electrons. The van der Waals surface area contributed by atoms with E-state index in [2.05, 4.69) is 31.1 Å². The summed E-state index contributed by atoms with van der Waals surface area (Å²) in [6, 6.07) is 6.38. The van der Waals surface area contributed by atoms with Gasteiger partial charge in [0.15, 0.2) is 0 Å². The Kier molecular flexibility index (Phi) is 4.07. The van der Waals surface area contributed by atoms with Gasteiger partial charge in [-0.3, -0.25) is 9.58 Å². The number of hydrogen-bond acceptors (Lipinski definition) is 8. The van der Waals surface area contributed by atoms with Gasteiger partial charge < -0.3 is 19.3 Å². The van der Waals surface area contributed by atoms with Crippen LogP contribution < -0.4 is 4.90 Å². The molecule has 29 heavy (non-hydrogen) atoms. The van der Waals surface area contributed by atoms with Crippen LogP contribution in [0.4, 0.5) is 5.95 Å². The van der Waals surface area contributed by atoms with Gasteiger partial charge in [-0.15, -0.1) is 0 Å². The fourth-order valence-electron chi connectivity index (χ4n) is 4.17. The summed E-state index contributed by atoms with van der Waals surface area (Å²) in [7, 11) is 0. The number of aromatic nitrogens is 4. The molecule has 9 heteroatoms. The Bertz CT molecular complexity index is 1020. The number of nitrogens with zero attached hydrogens (tertiary/aromatic N) is 6. The average molecular weight is 396 g/mol. The van der Waals surface area contributed by atoms with Crippen molar-refractivity contribution in [2.24, 2.45) is 5.92 Å². The molecular weight excluding hydrogens is 372 g/mol. The number of rotatable bonds is 5. The van der Waals surface area contributed by atoms with Gasteiger partial charge in [0.2, 0.25) is 0 Å². The molecule has 2 saturated heterocycles. The summed E-state index contributed by atoms with van der Waals surface area (Å²) in [4.78, 5) is 8.92. The maximum atomic E-state index is 10.3. The van der Waals surface area contributed by atoms with Crippen LogP contribution in [-0.4, -0.2) is 75.5 Å². The molecule has 1 unspecified atom stereocenters. The summed E-state index contributed by atoms with van der Waals surface area (Å²) in [5.41, 5.74) is 1.94. The maximum Gasteiger partial charge on any atom is 0.266 e. The van der Waals surface area contributed by atoms with E-state index < -0.39 is 0 Å². The van der Waals surface area contributed by atoms with Crippen LogP contribution >= 0.6 is 0 Å². The lowest BCUT2D eigenvalue weighted by Gasteiger charge is -2.36. The van der Waals surface area contributed by atoms with Gasteiger partial charge in [0, 0.05) is 37.1 Å². The smallest absolute Gasteiger partial charge is 0.266 e. The fraction of sp³-hybridized carbons (Fsp3) is 0.550. The van der Waals surface area contributed by atoms with Crippen LogP contribution in [0.1, 0.15) is 18.9 Å². The molecule has 3 aromatic rings. The lowest BCUT2D eigenvalue weighted by atomic mass is 10.1. The molecule has 1 saturated carbocycles. The van der Waals surface area contributed by atoms with Gasteiger partial charge in [-0.05, 0) is 36.0 Å².